The number of hydrogen-bond acceptors (Lipinski definition) is 13. The van der Waals surface area contributed by atoms with Crippen molar-refractivity contribution in [3.63, 3.8) is 0 Å². The lowest BCUT2D eigenvalue weighted by molar-refractivity contribution is -0.413. The number of hydrogen-bond donors (Lipinski definition) is 6. The van der Waals surface area contributed by atoms with Crippen LogP contribution in [0.3, 0.4) is 0 Å². The molecular weight excluding hydrogens is 558 g/mol. The van der Waals surface area contributed by atoms with Crippen molar-refractivity contribution in [1.82, 2.24) is 4.90 Å². The minimum absolute atomic E-state index is 0.00861. The summed E-state index contributed by atoms with van der Waals surface area (Å²) in [5, 5.41) is 60.3. The van der Waals surface area contributed by atoms with Crippen molar-refractivity contribution in [1.29, 1.82) is 0 Å². The van der Waals surface area contributed by atoms with Gasteiger partial charge in [-0.2, -0.15) is 0 Å². The molecule has 0 aromatic heterocycles. The van der Waals surface area contributed by atoms with Crippen LogP contribution in [0.2, 0.25) is 0 Å². The Morgan fingerprint density at radius 3 is 2.55 bits per heavy atom. The first-order valence-electron chi connectivity index (χ1n) is 13.3. The molecule has 3 aliphatic rings. The molecule has 14 nitrogen and oxygen atoms in total. The summed E-state index contributed by atoms with van der Waals surface area (Å²) in [6.07, 6.45) is 0.425. The van der Waals surface area contributed by atoms with Gasteiger partial charge in [0.1, 0.15) is 12.2 Å². The van der Waals surface area contributed by atoms with Crippen molar-refractivity contribution in [2.75, 3.05) is 33.4 Å². The summed E-state index contributed by atoms with van der Waals surface area (Å²) >= 11 is 0. The molecule has 6 N–H and O–H groups in total. The third kappa shape index (κ3) is 7.46. The Morgan fingerprint density at radius 1 is 1.26 bits per heavy atom. The first-order valence-corrected chi connectivity index (χ1v) is 13.3. The van der Waals surface area contributed by atoms with Crippen LogP contribution in [-0.4, -0.2) is 124 Å². The fourth-order valence-electron chi connectivity index (χ4n) is 4.87. The number of methoxy groups -OCH3 is 1. The number of aliphatic hydroxyl groups excluding tert-OH is 3. The van der Waals surface area contributed by atoms with Gasteiger partial charge in [-0.1, -0.05) is 18.2 Å². The Hall–Kier alpha value is -3.08. The molecule has 7 atom stereocenters. The first kappa shape index (κ1) is 33.4. The zero-order valence-electron chi connectivity index (χ0n) is 23.6. The minimum atomic E-state index is -2.87. The van der Waals surface area contributed by atoms with Crippen LogP contribution in [0, 0.1) is 11.8 Å². The fourth-order valence-corrected chi connectivity index (χ4v) is 4.87. The normalized spacial score (nSPS) is 31.2. The third-order valence-electron chi connectivity index (χ3n) is 6.94. The second kappa shape index (κ2) is 14.4. The van der Waals surface area contributed by atoms with E-state index in [4.69, 9.17) is 23.7 Å². The highest BCUT2D eigenvalue weighted by atomic mass is 16.8. The molecule has 0 amide bonds. The van der Waals surface area contributed by atoms with E-state index < -0.39 is 73.2 Å². The molecule has 234 valence electrons. The molecule has 3 heterocycles. The van der Waals surface area contributed by atoms with Crippen molar-refractivity contribution >= 4 is 11.9 Å². The predicted octanol–water partition coefficient (Wildman–Crippen LogP) is -0.854. The van der Waals surface area contributed by atoms with Gasteiger partial charge in [-0.05, 0) is 25.5 Å². The van der Waals surface area contributed by atoms with E-state index in [-0.39, 0.29) is 30.8 Å². The van der Waals surface area contributed by atoms with Gasteiger partial charge in [0.2, 0.25) is 12.1 Å². The van der Waals surface area contributed by atoms with Crippen LogP contribution in [0.25, 0.3) is 0 Å². The van der Waals surface area contributed by atoms with Crippen molar-refractivity contribution < 1.29 is 63.9 Å². The quantitative estimate of drug-likeness (QED) is 0.0921. The number of aliphatic carboxylic acids is 1. The lowest BCUT2D eigenvalue weighted by Gasteiger charge is -2.48. The second-order valence-corrected chi connectivity index (χ2v) is 10.3. The van der Waals surface area contributed by atoms with Gasteiger partial charge in [0.05, 0.1) is 49.8 Å². The Bertz CT molecular complexity index is 1110. The highest BCUT2D eigenvalue weighted by Gasteiger charge is 2.57. The summed E-state index contributed by atoms with van der Waals surface area (Å²) in [4.78, 5) is 25.9. The van der Waals surface area contributed by atoms with Crippen LogP contribution in [0.4, 0.5) is 0 Å². The monoisotopic (exact) mass is 597 g/mol. The highest BCUT2D eigenvalue weighted by Crippen LogP contribution is 2.38. The van der Waals surface area contributed by atoms with E-state index in [1.54, 1.807) is 30.9 Å². The maximum Gasteiger partial charge on any atom is 0.337 e. The van der Waals surface area contributed by atoms with Gasteiger partial charge < -0.3 is 59.2 Å². The smallest absolute Gasteiger partial charge is 0.337 e. The number of ether oxygens (including phenoxy) is 5. The van der Waals surface area contributed by atoms with Crippen LogP contribution >= 0.6 is 0 Å². The average Bonchev–Trinajstić information content (AvgIpc) is 2.95. The zero-order chi connectivity index (χ0) is 31.2. The Kier molecular flexibility index (Phi) is 11.5. The summed E-state index contributed by atoms with van der Waals surface area (Å²) in [6.45, 7) is 6.64. The van der Waals surface area contributed by atoms with E-state index in [0.29, 0.717) is 5.57 Å². The van der Waals surface area contributed by atoms with Gasteiger partial charge in [-0.25, -0.2) is 9.59 Å². The van der Waals surface area contributed by atoms with Gasteiger partial charge in [-0.15, -0.1) is 6.58 Å². The van der Waals surface area contributed by atoms with E-state index in [1.165, 1.54) is 25.5 Å². The minimum Gasteiger partial charge on any atom is -0.478 e. The molecule has 0 aromatic carbocycles. The summed E-state index contributed by atoms with van der Waals surface area (Å²) in [7, 11) is 1.20. The number of carboxylic acid groups (broad SMARTS) is 1. The van der Waals surface area contributed by atoms with Gasteiger partial charge in [0.25, 0.3) is 0 Å². The topological polar surface area (TPSA) is 205 Å². The molecule has 0 spiro atoms. The van der Waals surface area contributed by atoms with Gasteiger partial charge in [0, 0.05) is 25.2 Å². The van der Waals surface area contributed by atoms with Crippen molar-refractivity contribution in [3.05, 3.63) is 60.1 Å². The Labute approximate surface area is 243 Å². The van der Waals surface area contributed by atoms with Crippen LogP contribution in [0.1, 0.15) is 13.8 Å². The number of nitrogens with zero attached hydrogens (tertiary/aromatic N) is 1. The molecule has 14 heteroatoms. The standard InChI is InChI=1S/C28H39NO13/c1-5-18-19(7-6-16-10-17(24(33)34)12-29(11-16)8-9-30)20(25(35)38-4)14-39-26(18)42-27-23(40-15(2)3)28(36,37)22(32)21(13-31)41-27/h5-7,10,12,14-15,18-19,21-23,26-27,30-32,36-37H,1,8-9,11,13H2,2-4H3,(H,33,34). The Balaban J connectivity index is 1.95. The highest BCUT2D eigenvalue weighted by molar-refractivity contribution is 5.90. The number of aliphatic hydroxyl groups is 5. The summed E-state index contributed by atoms with van der Waals surface area (Å²) < 4.78 is 27.9. The van der Waals surface area contributed by atoms with Crippen LogP contribution in [-0.2, 0) is 33.3 Å². The SMILES string of the molecule is C=CC1C(OC2OC(CO)C(O)C(O)(O)C2OC(C)C)OC=C(C(=O)OC)C1C=CC1=CC(C(=O)O)=CN(CCO)C1. The molecule has 1 saturated heterocycles. The van der Waals surface area contributed by atoms with E-state index >= 15 is 0 Å². The van der Waals surface area contributed by atoms with Gasteiger partial charge >= 0.3 is 11.9 Å². The number of esters is 1. The van der Waals surface area contributed by atoms with Crippen molar-refractivity contribution in [3.8, 4) is 0 Å². The number of carbonyl (C=O) groups excluding carboxylic acids is 1. The second-order valence-electron chi connectivity index (χ2n) is 10.3. The molecule has 0 bridgehead atoms. The molecule has 0 radical (unpaired) electrons. The van der Waals surface area contributed by atoms with Crippen LogP contribution in [0.5, 0.6) is 0 Å². The van der Waals surface area contributed by atoms with Crippen molar-refractivity contribution in [2.24, 2.45) is 11.8 Å². The maximum absolute atomic E-state index is 12.7. The number of carbonyl (C=O) groups is 2. The molecule has 42 heavy (non-hydrogen) atoms. The summed E-state index contributed by atoms with van der Waals surface area (Å²) in [6, 6.07) is 0. The Morgan fingerprint density at radius 2 is 1.98 bits per heavy atom. The molecule has 7 unspecified atom stereocenters. The number of carboxylic acids is 1. The molecule has 0 aromatic rings. The lowest BCUT2D eigenvalue weighted by atomic mass is 9.83. The average molecular weight is 598 g/mol. The van der Waals surface area contributed by atoms with Crippen molar-refractivity contribution in [2.45, 2.75) is 56.6 Å². The zero-order valence-corrected chi connectivity index (χ0v) is 23.6. The van der Waals surface area contributed by atoms with E-state index in [9.17, 15) is 40.2 Å². The predicted molar refractivity (Wildman–Crippen MR) is 144 cm³/mol. The number of rotatable bonds is 12. The van der Waals surface area contributed by atoms with E-state index in [0.717, 1.165) is 6.26 Å². The van der Waals surface area contributed by atoms with Crippen LogP contribution < -0.4 is 0 Å². The molecule has 1 fully saturated rings. The number of allylic oxidation sites excluding steroid dienone is 1. The molecular formula is C28H39NO13. The molecule has 3 rings (SSSR count). The first-order chi connectivity index (χ1) is 19.9. The third-order valence-corrected chi connectivity index (χ3v) is 6.94. The lowest BCUT2D eigenvalue weighted by Crippen LogP contribution is -2.69. The van der Waals surface area contributed by atoms with Crippen LogP contribution in [0.15, 0.2) is 60.1 Å². The summed E-state index contributed by atoms with van der Waals surface area (Å²) in [5.41, 5.74) is 0.678. The maximum atomic E-state index is 12.7. The molecule has 0 aliphatic carbocycles. The number of β-amino-alcohol motifs (C(OH)–C–C–N with tert-alkyl or cyclic N) is 1. The largest absolute Gasteiger partial charge is 0.478 e. The molecule has 3 aliphatic heterocycles. The van der Waals surface area contributed by atoms with Gasteiger partial charge in [0.15, 0.2) is 12.4 Å². The van der Waals surface area contributed by atoms with Gasteiger partial charge in [-0.3, -0.25) is 0 Å². The van der Waals surface area contributed by atoms with E-state index in [1.807, 2.05) is 0 Å². The summed E-state index contributed by atoms with van der Waals surface area (Å²) in [5.74, 6) is -6.30. The van der Waals surface area contributed by atoms with E-state index in [2.05, 4.69) is 6.58 Å². The fraction of sp³-hybridized carbons (Fsp3) is 0.571. The molecule has 0 saturated carbocycles.